The number of carboxylic acids is 1. The molecule has 3 aliphatic carbocycles. The first-order chi connectivity index (χ1) is 9.13. The molecule has 0 spiro atoms. The molecule has 5 nitrogen and oxygen atoms in total. The van der Waals surface area contributed by atoms with Gasteiger partial charge in [0.25, 0.3) is 0 Å². The summed E-state index contributed by atoms with van der Waals surface area (Å²) in [6, 6.07) is 0. The Morgan fingerprint density at radius 1 is 1.26 bits per heavy atom. The van der Waals surface area contributed by atoms with Gasteiger partial charge in [0.2, 0.25) is 5.91 Å². The second-order valence-corrected chi connectivity index (χ2v) is 6.16. The highest BCUT2D eigenvalue weighted by molar-refractivity contribution is 5.86. The quantitative estimate of drug-likeness (QED) is 0.774. The zero-order valence-electron chi connectivity index (χ0n) is 11.2. The van der Waals surface area contributed by atoms with Gasteiger partial charge >= 0.3 is 5.97 Å². The molecule has 0 aromatic heterocycles. The van der Waals surface area contributed by atoms with E-state index in [-0.39, 0.29) is 18.4 Å². The maximum Gasteiger partial charge on any atom is 0.323 e. The van der Waals surface area contributed by atoms with Crippen molar-refractivity contribution in [2.75, 3.05) is 26.8 Å². The van der Waals surface area contributed by atoms with Crippen LogP contribution in [0, 0.1) is 29.6 Å². The van der Waals surface area contributed by atoms with Crippen molar-refractivity contribution in [3.8, 4) is 0 Å². The van der Waals surface area contributed by atoms with Gasteiger partial charge in [-0.1, -0.05) is 0 Å². The zero-order chi connectivity index (χ0) is 13.6. The molecule has 1 amide bonds. The Hall–Kier alpha value is -1.10. The van der Waals surface area contributed by atoms with Crippen LogP contribution in [0.1, 0.15) is 19.3 Å². The summed E-state index contributed by atoms with van der Waals surface area (Å²) in [5.74, 6) is 1.80. The van der Waals surface area contributed by atoms with Crippen molar-refractivity contribution in [3.05, 3.63) is 0 Å². The topological polar surface area (TPSA) is 66.8 Å². The van der Waals surface area contributed by atoms with E-state index in [0.717, 1.165) is 11.8 Å². The average molecular weight is 267 g/mol. The minimum absolute atomic E-state index is 0.0473. The van der Waals surface area contributed by atoms with Gasteiger partial charge < -0.3 is 14.7 Å². The van der Waals surface area contributed by atoms with E-state index in [1.807, 2.05) is 0 Å². The number of aliphatic carboxylic acids is 1. The molecule has 0 radical (unpaired) electrons. The predicted octanol–water partition coefficient (Wildman–Crippen LogP) is 0.838. The van der Waals surface area contributed by atoms with Gasteiger partial charge in [-0.25, -0.2) is 0 Å². The molecular weight excluding hydrogens is 246 g/mol. The predicted molar refractivity (Wildman–Crippen MR) is 67.4 cm³/mol. The van der Waals surface area contributed by atoms with Crippen LogP contribution in [0.4, 0.5) is 0 Å². The van der Waals surface area contributed by atoms with Crippen LogP contribution in [0.25, 0.3) is 0 Å². The fourth-order valence-electron chi connectivity index (χ4n) is 4.50. The highest BCUT2D eigenvalue weighted by atomic mass is 16.5. The van der Waals surface area contributed by atoms with E-state index < -0.39 is 5.97 Å². The lowest BCUT2D eigenvalue weighted by Gasteiger charge is -2.22. The van der Waals surface area contributed by atoms with Gasteiger partial charge in [0.1, 0.15) is 6.54 Å². The molecule has 3 aliphatic rings. The summed E-state index contributed by atoms with van der Waals surface area (Å²) in [4.78, 5) is 24.8. The van der Waals surface area contributed by atoms with Crippen molar-refractivity contribution < 1.29 is 19.4 Å². The monoisotopic (exact) mass is 267 g/mol. The lowest BCUT2D eigenvalue weighted by molar-refractivity contribution is -0.145. The van der Waals surface area contributed by atoms with Gasteiger partial charge in [0, 0.05) is 19.6 Å². The first kappa shape index (κ1) is 12.9. The van der Waals surface area contributed by atoms with E-state index in [2.05, 4.69) is 0 Å². The Morgan fingerprint density at radius 2 is 1.89 bits per heavy atom. The molecule has 0 saturated heterocycles. The van der Waals surface area contributed by atoms with Crippen LogP contribution in [-0.4, -0.2) is 48.7 Å². The molecule has 2 bridgehead atoms. The van der Waals surface area contributed by atoms with E-state index in [1.54, 1.807) is 7.11 Å². The number of nitrogens with zero attached hydrogens (tertiary/aromatic N) is 1. The Bertz CT molecular complexity index is 381. The summed E-state index contributed by atoms with van der Waals surface area (Å²) in [6.07, 6.45) is 3.84. The molecule has 4 unspecified atom stereocenters. The van der Waals surface area contributed by atoms with Crippen LogP contribution in [0.2, 0.25) is 0 Å². The Morgan fingerprint density at radius 3 is 2.42 bits per heavy atom. The largest absolute Gasteiger partial charge is 0.480 e. The fourth-order valence-corrected chi connectivity index (χ4v) is 4.50. The number of carboxylic acid groups (broad SMARTS) is 1. The lowest BCUT2D eigenvalue weighted by Crippen LogP contribution is -2.40. The zero-order valence-corrected chi connectivity index (χ0v) is 11.2. The molecule has 3 saturated carbocycles. The number of ether oxygens (including phenoxy) is 1. The van der Waals surface area contributed by atoms with Crippen molar-refractivity contribution in [1.82, 2.24) is 4.90 Å². The number of fused-ring (bicyclic) bond motifs is 5. The standard InChI is InChI=1S/C14H21NO4/c1-19-5-4-15(7-10(16)17)14(18)13-11-8-2-3-9(6-8)12(11)13/h8-9,11-13H,2-7H2,1H3,(H,16,17). The highest BCUT2D eigenvalue weighted by Crippen LogP contribution is 2.69. The number of hydrogen-bond donors (Lipinski definition) is 1. The summed E-state index contributed by atoms with van der Waals surface area (Å²) in [5.41, 5.74) is 0. The van der Waals surface area contributed by atoms with Crippen molar-refractivity contribution in [1.29, 1.82) is 0 Å². The van der Waals surface area contributed by atoms with Gasteiger partial charge in [-0.3, -0.25) is 9.59 Å². The number of methoxy groups -OCH3 is 1. The average Bonchev–Trinajstić information content (AvgIpc) is 2.81. The summed E-state index contributed by atoms with van der Waals surface area (Å²) in [5, 5.41) is 8.92. The Balaban J connectivity index is 1.63. The molecular formula is C14H21NO4. The number of rotatable bonds is 6. The lowest BCUT2D eigenvalue weighted by atomic mass is 10.0. The van der Waals surface area contributed by atoms with Gasteiger partial charge in [-0.2, -0.15) is 0 Å². The first-order valence-corrected chi connectivity index (χ1v) is 7.13. The third kappa shape index (κ3) is 2.14. The molecule has 4 atom stereocenters. The number of amides is 1. The smallest absolute Gasteiger partial charge is 0.323 e. The van der Waals surface area contributed by atoms with Crippen molar-refractivity contribution in [3.63, 3.8) is 0 Å². The molecule has 0 heterocycles. The summed E-state index contributed by atoms with van der Waals surface area (Å²) in [6.45, 7) is 0.578. The van der Waals surface area contributed by atoms with Gasteiger partial charge in [0.15, 0.2) is 0 Å². The van der Waals surface area contributed by atoms with E-state index in [4.69, 9.17) is 9.84 Å². The van der Waals surface area contributed by atoms with Crippen LogP contribution in [0.5, 0.6) is 0 Å². The molecule has 0 aliphatic heterocycles. The summed E-state index contributed by atoms with van der Waals surface area (Å²) < 4.78 is 4.97. The minimum Gasteiger partial charge on any atom is -0.480 e. The minimum atomic E-state index is -0.946. The Kier molecular flexibility index (Phi) is 3.25. The maximum atomic E-state index is 12.5. The van der Waals surface area contributed by atoms with E-state index in [0.29, 0.717) is 25.0 Å². The van der Waals surface area contributed by atoms with Crippen LogP contribution in [0.3, 0.4) is 0 Å². The third-order valence-electron chi connectivity index (χ3n) is 5.22. The van der Waals surface area contributed by atoms with Crippen LogP contribution in [0.15, 0.2) is 0 Å². The second-order valence-electron chi connectivity index (χ2n) is 6.16. The van der Waals surface area contributed by atoms with Gasteiger partial charge in [-0.05, 0) is 42.9 Å². The molecule has 0 aromatic rings. The molecule has 3 fully saturated rings. The molecule has 106 valence electrons. The number of hydrogen-bond acceptors (Lipinski definition) is 3. The van der Waals surface area contributed by atoms with Gasteiger partial charge in [0.05, 0.1) is 6.61 Å². The fraction of sp³-hybridized carbons (Fsp3) is 0.857. The van der Waals surface area contributed by atoms with Crippen LogP contribution < -0.4 is 0 Å². The van der Waals surface area contributed by atoms with E-state index >= 15 is 0 Å². The maximum absolute atomic E-state index is 12.5. The molecule has 0 aromatic carbocycles. The molecule has 1 N–H and O–H groups in total. The van der Waals surface area contributed by atoms with Crippen LogP contribution >= 0.6 is 0 Å². The number of carbonyl (C=O) groups is 2. The van der Waals surface area contributed by atoms with Gasteiger partial charge in [-0.15, -0.1) is 0 Å². The first-order valence-electron chi connectivity index (χ1n) is 7.13. The summed E-state index contributed by atoms with van der Waals surface area (Å²) in [7, 11) is 1.56. The summed E-state index contributed by atoms with van der Waals surface area (Å²) >= 11 is 0. The van der Waals surface area contributed by atoms with Crippen molar-refractivity contribution in [2.24, 2.45) is 29.6 Å². The second kappa shape index (κ2) is 4.78. The van der Waals surface area contributed by atoms with E-state index in [1.165, 1.54) is 24.2 Å². The normalized spacial score (nSPS) is 38.1. The van der Waals surface area contributed by atoms with Crippen molar-refractivity contribution >= 4 is 11.9 Å². The van der Waals surface area contributed by atoms with Crippen molar-refractivity contribution in [2.45, 2.75) is 19.3 Å². The van der Waals surface area contributed by atoms with E-state index in [9.17, 15) is 9.59 Å². The number of carbonyl (C=O) groups excluding carboxylic acids is 1. The molecule has 5 heteroatoms. The highest BCUT2D eigenvalue weighted by Gasteiger charge is 2.67. The molecule has 19 heavy (non-hydrogen) atoms. The Labute approximate surface area is 112 Å². The molecule has 3 rings (SSSR count). The SMILES string of the molecule is COCCN(CC(=O)O)C(=O)C1C2C3CCC(C3)C12. The third-order valence-corrected chi connectivity index (χ3v) is 5.22. The van der Waals surface area contributed by atoms with Crippen LogP contribution in [-0.2, 0) is 14.3 Å².